The number of hydrogen-bond donors (Lipinski definition) is 2. The van der Waals surface area contributed by atoms with Crippen molar-refractivity contribution in [3.63, 3.8) is 0 Å². The van der Waals surface area contributed by atoms with Crippen LogP contribution in [0.25, 0.3) is 0 Å². The average Bonchev–Trinajstić information content (AvgIpc) is 2.70. The Morgan fingerprint density at radius 3 is 2.03 bits per heavy atom. The minimum atomic E-state index is -2.45. The first-order chi connectivity index (χ1) is 16.0. The SMILES string of the molecule is CCOC(=O)c1c(C#C[Si](C(C)C)(C(C)C)C(C)C)nc(Cl)c(F)c1NC(=O)NC(=O)C(Cl)(Cl)Cl. The second kappa shape index (κ2) is 12.6. The summed E-state index contributed by atoms with van der Waals surface area (Å²) in [6.07, 6.45) is 0. The first kappa shape index (κ1) is 31.5. The fourth-order valence-electron chi connectivity index (χ4n) is 4.06. The highest BCUT2D eigenvalue weighted by molar-refractivity contribution is 6.90. The van der Waals surface area contributed by atoms with E-state index in [0.29, 0.717) is 0 Å². The molecule has 0 aliphatic carbocycles. The lowest BCUT2D eigenvalue weighted by Crippen LogP contribution is -2.43. The monoisotopic (exact) mass is 585 g/mol. The number of nitrogens with one attached hydrogen (secondary N) is 2. The third-order valence-electron chi connectivity index (χ3n) is 5.56. The van der Waals surface area contributed by atoms with Crippen molar-refractivity contribution in [2.45, 2.75) is 68.9 Å². The Labute approximate surface area is 225 Å². The minimum absolute atomic E-state index is 0.0456. The van der Waals surface area contributed by atoms with Gasteiger partial charge in [0.15, 0.2) is 11.0 Å². The van der Waals surface area contributed by atoms with E-state index in [1.165, 1.54) is 0 Å². The van der Waals surface area contributed by atoms with Crippen molar-refractivity contribution >= 4 is 78.1 Å². The van der Waals surface area contributed by atoms with E-state index in [2.05, 4.69) is 63.3 Å². The molecule has 0 spiro atoms. The van der Waals surface area contributed by atoms with Crippen LogP contribution in [0.2, 0.25) is 21.8 Å². The van der Waals surface area contributed by atoms with Crippen LogP contribution in [0.15, 0.2) is 0 Å². The van der Waals surface area contributed by atoms with Crippen molar-refractivity contribution in [3.8, 4) is 11.5 Å². The fraction of sp³-hybridized carbons (Fsp3) is 0.545. The van der Waals surface area contributed by atoms with Gasteiger partial charge < -0.3 is 10.1 Å². The molecule has 0 aromatic carbocycles. The number of carbonyl (C=O) groups excluding carboxylic acids is 3. The lowest BCUT2D eigenvalue weighted by molar-refractivity contribution is -0.119. The van der Waals surface area contributed by atoms with Crippen molar-refractivity contribution in [3.05, 3.63) is 22.2 Å². The summed E-state index contributed by atoms with van der Waals surface area (Å²) in [5, 5.41) is 3.16. The van der Waals surface area contributed by atoms with Gasteiger partial charge in [-0.3, -0.25) is 10.1 Å². The highest BCUT2D eigenvalue weighted by Crippen LogP contribution is 2.41. The van der Waals surface area contributed by atoms with Gasteiger partial charge >= 0.3 is 12.0 Å². The van der Waals surface area contributed by atoms with Crippen molar-refractivity contribution in [1.82, 2.24) is 10.3 Å². The third-order valence-corrected chi connectivity index (χ3v) is 12.6. The van der Waals surface area contributed by atoms with Crippen molar-refractivity contribution in [2.75, 3.05) is 11.9 Å². The molecule has 35 heavy (non-hydrogen) atoms. The number of aromatic nitrogens is 1. The van der Waals surface area contributed by atoms with Crippen LogP contribution < -0.4 is 10.6 Å². The normalized spacial score (nSPS) is 11.9. The predicted octanol–water partition coefficient (Wildman–Crippen LogP) is 6.64. The lowest BCUT2D eigenvalue weighted by Gasteiger charge is -2.38. The summed E-state index contributed by atoms with van der Waals surface area (Å²) in [5.74, 6) is -0.578. The number of alkyl halides is 3. The molecule has 0 atom stereocenters. The Bertz CT molecular complexity index is 1030. The van der Waals surface area contributed by atoms with E-state index in [9.17, 15) is 18.8 Å². The number of rotatable bonds is 6. The smallest absolute Gasteiger partial charge is 0.343 e. The molecular weight excluding hydrogens is 559 g/mol. The van der Waals surface area contributed by atoms with Gasteiger partial charge in [-0.05, 0) is 23.5 Å². The number of anilines is 1. The molecule has 0 saturated carbocycles. The van der Waals surface area contributed by atoms with Gasteiger partial charge in [0.1, 0.15) is 19.3 Å². The second-order valence-electron chi connectivity index (χ2n) is 8.59. The highest BCUT2D eigenvalue weighted by atomic mass is 35.6. The number of pyridine rings is 1. The second-order valence-corrected chi connectivity index (χ2v) is 16.8. The van der Waals surface area contributed by atoms with E-state index >= 15 is 0 Å². The maximum Gasteiger partial charge on any atom is 0.343 e. The van der Waals surface area contributed by atoms with Crippen LogP contribution >= 0.6 is 46.4 Å². The Balaban J connectivity index is 3.78. The van der Waals surface area contributed by atoms with Gasteiger partial charge in [-0.2, -0.15) is 0 Å². The Kier molecular flexibility index (Phi) is 11.3. The maximum atomic E-state index is 15.0. The van der Waals surface area contributed by atoms with Gasteiger partial charge in [-0.15, -0.1) is 5.54 Å². The molecule has 0 fully saturated rings. The van der Waals surface area contributed by atoms with Crippen LogP contribution in [0, 0.1) is 17.3 Å². The largest absolute Gasteiger partial charge is 0.462 e. The summed E-state index contributed by atoms with van der Waals surface area (Å²) in [7, 11) is -2.29. The Morgan fingerprint density at radius 1 is 1.09 bits per heavy atom. The van der Waals surface area contributed by atoms with Crippen LogP contribution in [0.3, 0.4) is 0 Å². The van der Waals surface area contributed by atoms with E-state index in [-0.39, 0.29) is 28.9 Å². The summed E-state index contributed by atoms with van der Waals surface area (Å²) in [6, 6.07) is -1.28. The van der Waals surface area contributed by atoms with Gasteiger partial charge in [0, 0.05) is 0 Å². The number of imide groups is 1. The van der Waals surface area contributed by atoms with Crippen molar-refractivity contribution < 1.29 is 23.5 Å². The van der Waals surface area contributed by atoms with Crippen molar-refractivity contribution in [1.29, 1.82) is 0 Å². The van der Waals surface area contributed by atoms with Gasteiger partial charge in [0.05, 0.1) is 12.3 Å². The van der Waals surface area contributed by atoms with E-state index < -0.39 is 52.0 Å². The van der Waals surface area contributed by atoms with Gasteiger partial charge in [-0.1, -0.05) is 93.9 Å². The highest BCUT2D eigenvalue weighted by Gasteiger charge is 2.42. The van der Waals surface area contributed by atoms with Crippen LogP contribution in [0.1, 0.15) is 64.5 Å². The number of ether oxygens (including phenoxy) is 1. The van der Waals surface area contributed by atoms with Crippen molar-refractivity contribution in [2.24, 2.45) is 0 Å². The van der Waals surface area contributed by atoms with Gasteiger partial charge in [-0.25, -0.2) is 19.0 Å². The van der Waals surface area contributed by atoms with Crippen LogP contribution in [0.5, 0.6) is 0 Å². The zero-order chi connectivity index (χ0) is 27.3. The molecule has 3 amide bonds. The molecule has 0 saturated heterocycles. The summed E-state index contributed by atoms with van der Waals surface area (Å²) in [5.41, 5.74) is 2.85. The minimum Gasteiger partial charge on any atom is -0.462 e. The summed E-state index contributed by atoms with van der Waals surface area (Å²) in [4.78, 5) is 40.9. The Hall–Kier alpha value is -1.57. The van der Waals surface area contributed by atoms with E-state index in [4.69, 9.17) is 51.1 Å². The topological polar surface area (TPSA) is 97.4 Å². The van der Waals surface area contributed by atoms with Gasteiger partial charge in [0.2, 0.25) is 0 Å². The maximum absolute atomic E-state index is 15.0. The standard InChI is InChI=1S/C22H28Cl4FN3O4Si/c1-8-34-19(31)15-14(9-10-35(11(2)3,12(4)5)13(6)7)28-18(23)16(27)17(15)29-21(33)30-20(32)22(24,25)26/h11-13H,8H2,1-7H3,(H2,28,29,30,32,33). The van der Waals surface area contributed by atoms with Crippen LogP contribution in [-0.2, 0) is 9.53 Å². The van der Waals surface area contributed by atoms with Crippen LogP contribution in [0.4, 0.5) is 14.9 Å². The molecule has 1 heterocycles. The van der Waals surface area contributed by atoms with Crippen LogP contribution in [-0.4, -0.2) is 41.4 Å². The molecule has 1 aromatic heterocycles. The quantitative estimate of drug-likeness (QED) is 0.128. The lowest BCUT2D eigenvalue weighted by atomic mass is 10.1. The molecule has 7 nitrogen and oxygen atoms in total. The summed E-state index contributed by atoms with van der Waals surface area (Å²) in [6.45, 7) is 14.1. The number of halogens is 5. The molecule has 13 heteroatoms. The zero-order valence-corrected chi connectivity index (χ0v) is 24.4. The number of nitrogens with zero attached hydrogens (tertiary/aromatic N) is 1. The molecular formula is C22H28Cl4FN3O4Si. The molecule has 0 aliphatic heterocycles. The molecule has 0 unspecified atom stereocenters. The molecule has 0 bridgehead atoms. The number of amides is 3. The number of carbonyl (C=O) groups is 3. The molecule has 2 N–H and O–H groups in total. The first-order valence-electron chi connectivity index (χ1n) is 10.8. The van der Waals surface area contributed by atoms with E-state index in [0.717, 1.165) is 0 Å². The molecule has 194 valence electrons. The molecule has 1 rings (SSSR count). The first-order valence-corrected chi connectivity index (χ1v) is 14.5. The Morgan fingerprint density at radius 2 is 1.60 bits per heavy atom. The van der Waals surface area contributed by atoms with Gasteiger partial charge in [0.25, 0.3) is 9.70 Å². The summed E-state index contributed by atoms with van der Waals surface area (Å²) >= 11 is 22.3. The number of esters is 1. The predicted molar refractivity (Wildman–Crippen MR) is 141 cm³/mol. The fourth-order valence-corrected chi connectivity index (χ4v) is 9.59. The zero-order valence-electron chi connectivity index (χ0n) is 20.4. The van der Waals surface area contributed by atoms with E-state index in [1.54, 1.807) is 12.2 Å². The average molecular weight is 587 g/mol. The third kappa shape index (κ3) is 7.46. The summed E-state index contributed by atoms with van der Waals surface area (Å²) < 4.78 is 17.6. The molecule has 0 radical (unpaired) electrons. The molecule has 1 aromatic rings. The number of urea groups is 1. The molecule has 0 aliphatic rings. The van der Waals surface area contributed by atoms with E-state index in [1.807, 2.05) is 0 Å². The number of hydrogen-bond acceptors (Lipinski definition) is 5.